The molecule has 26 heavy (non-hydrogen) atoms. The molecule has 2 aromatic heterocycles. The van der Waals surface area contributed by atoms with Gasteiger partial charge in [-0.05, 0) is 55.3 Å². The van der Waals surface area contributed by atoms with Gasteiger partial charge in [-0.25, -0.2) is 0 Å². The second-order valence-electron chi connectivity index (χ2n) is 6.84. The summed E-state index contributed by atoms with van der Waals surface area (Å²) in [6.45, 7) is 1.94. The molecule has 0 spiro atoms. The lowest BCUT2D eigenvalue weighted by atomic mass is 9.93. The number of rotatable bonds is 3. The number of aryl methyl sites for hydroxylation is 1. The van der Waals surface area contributed by atoms with Crippen LogP contribution in [-0.4, -0.2) is 22.6 Å². The zero-order valence-electron chi connectivity index (χ0n) is 14.5. The molecule has 1 fully saturated rings. The first kappa shape index (κ1) is 17.0. The van der Waals surface area contributed by atoms with E-state index in [1.807, 2.05) is 36.0 Å². The Balaban J connectivity index is 1.84. The molecule has 1 aliphatic rings. The van der Waals surface area contributed by atoms with Crippen molar-refractivity contribution in [3.8, 4) is 17.3 Å². The largest absolute Gasteiger partial charge is 0.342 e. The highest BCUT2D eigenvalue weighted by Gasteiger charge is 2.24. The van der Waals surface area contributed by atoms with Gasteiger partial charge in [0.15, 0.2) is 0 Å². The molecule has 3 heterocycles. The van der Waals surface area contributed by atoms with Crippen molar-refractivity contribution in [1.29, 1.82) is 5.26 Å². The van der Waals surface area contributed by atoms with Crippen LogP contribution in [-0.2, 0) is 7.05 Å². The molecule has 1 aromatic carbocycles. The second kappa shape index (κ2) is 6.73. The molecule has 3 aromatic rings. The van der Waals surface area contributed by atoms with Gasteiger partial charge < -0.3 is 15.6 Å². The molecule has 3 N–H and O–H groups in total. The zero-order chi connectivity index (χ0) is 18.3. The van der Waals surface area contributed by atoms with Gasteiger partial charge in [0.25, 0.3) is 0 Å². The predicted octanol–water partition coefficient (Wildman–Crippen LogP) is 3.37. The van der Waals surface area contributed by atoms with Gasteiger partial charge in [-0.1, -0.05) is 11.6 Å². The molecule has 0 saturated carbocycles. The van der Waals surface area contributed by atoms with E-state index in [9.17, 15) is 5.26 Å². The van der Waals surface area contributed by atoms with Crippen molar-refractivity contribution >= 4 is 22.5 Å². The molecule has 2 atom stereocenters. The second-order valence-corrected chi connectivity index (χ2v) is 7.28. The van der Waals surface area contributed by atoms with E-state index in [1.54, 1.807) is 6.20 Å². The van der Waals surface area contributed by atoms with Crippen LogP contribution in [0.5, 0.6) is 0 Å². The average Bonchev–Trinajstić information content (AvgIpc) is 3.28. The molecule has 4 rings (SSSR count). The van der Waals surface area contributed by atoms with Crippen molar-refractivity contribution in [3.05, 3.63) is 52.8 Å². The van der Waals surface area contributed by atoms with Crippen LogP contribution in [0, 0.1) is 17.2 Å². The van der Waals surface area contributed by atoms with E-state index in [-0.39, 0.29) is 6.04 Å². The van der Waals surface area contributed by atoms with E-state index in [0.29, 0.717) is 16.5 Å². The summed E-state index contributed by atoms with van der Waals surface area (Å²) in [5.74, 6) is 0.411. The molecule has 0 bridgehead atoms. The Kier molecular flexibility index (Phi) is 4.41. The number of pyridine rings is 1. The topological polar surface area (TPSA) is 79.7 Å². The third-order valence-corrected chi connectivity index (χ3v) is 5.53. The Labute approximate surface area is 157 Å². The lowest BCUT2D eigenvalue weighted by Gasteiger charge is -2.19. The lowest BCUT2D eigenvalue weighted by Crippen LogP contribution is -2.23. The number of benzene rings is 1. The summed E-state index contributed by atoms with van der Waals surface area (Å²) in [5.41, 5.74) is 10.8. The number of aromatic nitrogens is 2. The van der Waals surface area contributed by atoms with E-state index in [1.165, 1.54) is 0 Å². The molecule has 5 nitrogen and oxygen atoms in total. The molecule has 6 heteroatoms. The molecule has 1 unspecified atom stereocenters. The van der Waals surface area contributed by atoms with E-state index in [2.05, 4.69) is 22.4 Å². The monoisotopic (exact) mass is 365 g/mol. The van der Waals surface area contributed by atoms with Gasteiger partial charge >= 0.3 is 0 Å². The molecule has 1 aliphatic heterocycles. The fraction of sp³-hybridized carbons (Fsp3) is 0.300. The van der Waals surface area contributed by atoms with Crippen molar-refractivity contribution in [1.82, 2.24) is 14.9 Å². The smallest absolute Gasteiger partial charge is 0.102 e. The molecular weight excluding hydrogens is 346 g/mol. The normalized spacial score (nSPS) is 18.2. The minimum absolute atomic E-state index is 0.0629. The number of nitriles is 1. The third-order valence-electron chi connectivity index (χ3n) is 5.30. The van der Waals surface area contributed by atoms with Gasteiger partial charge in [-0.15, -0.1) is 0 Å². The number of hydrogen-bond acceptors (Lipinski definition) is 4. The van der Waals surface area contributed by atoms with E-state index in [4.69, 9.17) is 17.3 Å². The van der Waals surface area contributed by atoms with Crippen molar-refractivity contribution in [2.45, 2.75) is 12.5 Å². The van der Waals surface area contributed by atoms with E-state index >= 15 is 0 Å². The molecule has 0 amide bonds. The summed E-state index contributed by atoms with van der Waals surface area (Å²) >= 11 is 6.15. The van der Waals surface area contributed by atoms with Crippen molar-refractivity contribution < 1.29 is 0 Å². The summed E-state index contributed by atoms with van der Waals surface area (Å²) in [7, 11) is 1.95. The maximum atomic E-state index is 9.76. The zero-order valence-corrected chi connectivity index (χ0v) is 15.3. The first-order valence-corrected chi connectivity index (χ1v) is 9.07. The molecule has 0 aliphatic carbocycles. The molecule has 0 radical (unpaired) electrons. The van der Waals surface area contributed by atoms with Crippen LogP contribution >= 0.6 is 11.6 Å². The van der Waals surface area contributed by atoms with Crippen LogP contribution in [0.3, 0.4) is 0 Å². The van der Waals surface area contributed by atoms with Gasteiger partial charge in [-0.3, -0.25) is 4.98 Å². The quantitative estimate of drug-likeness (QED) is 0.745. The number of nitrogens with one attached hydrogen (secondary N) is 1. The number of fused-ring (bicyclic) bond motifs is 1. The molecule has 1 saturated heterocycles. The highest BCUT2D eigenvalue weighted by atomic mass is 35.5. The Morgan fingerprint density at radius 1 is 1.38 bits per heavy atom. The highest BCUT2D eigenvalue weighted by Crippen LogP contribution is 2.35. The predicted molar refractivity (Wildman–Crippen MR) is 104 cm³/mol. The van der Waals surface area contributed by atoms with E-state index in [0.717, 1.165) is 47.2 Å². The van der Waals surface area contributed by atoms with Gasteiger partial charge in [0, 0.05) is 41.5 Å². The lowest BCUT2D eigenvalue weighted by molar-refractivity contribution is 0.469. The summed E-state index contributed by atoms with van der Waals surface area (Å²) in [6.07, 6.45) is 4.69. The molecular formula is C20H20ClN5. The Hall–Kier alpha value is -2.39. The maximum absolute atomic E-state index is 9.76. The molecule has 132 valence electrons. The van der Waals surface area contributed by atoms with Crippen LogP contribution in [0.1, 0.15) is 23.6 Å². The van der Waals surface area contributed by atoms with Gasteiger partial charge in [-0.2, -0.15) is 5.26 Å². The fourth-order valence-electron chi connectivity index (χ4n) is 3.89. The van der Waals surface area contributed by atoms with Gasteiger partial charge in [0.2, 0.25) is 0 Å². The fourth-order valence-corrected chi connectivity index (χ4v) is 4.05. The van der Waals surface area contributed by atoms with Crippen molar-refractivity contribution in [2.75, 3.05) is 13.1 Å². The number of halogens is 1. The minimum atomic E-state index is -0.0629. The van der Waals surface area contributed by atoms with Gasteiger partial charge in [0.05, 0.1) is 16.8 Å². The first-order chi connectivity index (χ1) is 12.6. The van der Waals surface area contributed by atoms with Crippen molar-refractivity contribution in [2.24, 2.45) is 18.7 Å². The SMILES string of the molecule is Cn1c(-c2cncc([C@@H](N)C3CCNC3)c2)c(C#N)c2ccc(Cl)cc21. The van der Waals surface area contributed by atoms with Gasteiger partial charge in [0.1, 0.15) is 6.07 Å². The van der Waals surface area contributed by atoms with Crippen LogP contribution in [0.4, 0.5) is 0 Å². The summed E-state index contributed by atoms with van der Waals surface area (Å²) in [6, 6.07) is 9.94. The summed E-state index contributed by atoms with van der Waals surface area (Å²) in [4.78, 5) is 4.41. The Morgan fingerprint density at radius 3 is 2.96 bits per heavy atom. The Bertz CT molecular complexity index is 1010. The average molecular weight is 366 g/mol. The summed E-state index contributed by atoms with van der Waals surface area (Å²) in [5, 5.41) is 14.7. The third kappa shape index (κ3) is 2.77. The van der Waals surface area contributed by atoms with Crippen LogP contribution in [0.15, 0.2) is 36.7 Å². The van der Waals surface area contributed by atoms with Crippen LogP contribution in [0.25, 0.3) is 22.2 Å². The maximum Gasteiger partial charge on any atom is 0.102 e. The highest BCUT2D eigenvalue weighted by molar-refractivity contribution is 6.31. The minimum Gasteiger partial charge on any atom is -0.342 e. The van der Waals surface area contributed by atoms with Crippen molar-refractivity contribution in [3.63, 3.8) is 0 Å². The Morgan fingerprint density at radius 2 is 2.23 bits per heavy atom. The first-order valence-electron chi connectivity index (χ1n) is 8.70. The standard InChI is InChI=1S/C20H20ClN5/c1-26-18-7-15(21)2-3-16(18)17(8-22)20(26)14-6-13(10-25-11-14)19(23)12-4-5-24-9-12/h2-3,6-7,10-12,19,24H,4-5,9,23H2,1H3/t12?,19-/m0/s1. The number of nitrogens with zero attached hydrogens (tertiary/aromatic N) is 3. The number of nitrogens with two attached hydrogens (primary N) is 1. The number of hydrogen-bond donors (Lipinski definition) is 2. The summed E-state index contributed by atoms with van der Waals surface area (Å²) < 4.78 is 2.00. The van der Waals surface area contributed by atoms with E-state index < -0.39 is 0 Å². The van der Waals surface area contributed by atoms with Crippen LogP contribution in [0.2, 0.25) is 5.02 Å². The van der Waals surface area contributed by atoms with Crippen LogP contribution < -0.4 is 11.1 Å².